The molecule has 0 spiro atoms. The number of amides is 1. The third-order valence-corrected chi connectivity index (χ3v) is 4.59. The SMILES string of the molecule is Cc1cc(CNC2CCC(C(N)=O)CC2)c(C)n1C. The van der Waals surface area contributed by atoms with E-state index in [1.165, 1.54) is 17.0 Å². The Morgan fingerprint density at radius 3 is 2.47 bits per heavy atom. The van der Waals surface area contributed by atoms with E-state index < -0.39 is 0 Å². The van der Waals surface area contributed by atoms with Crippen LogP contribution in [0.4, 0.5) is 0 Å². The lowest BCUT2D eigenvalue weighted by atomic mass is 9.85. The van der Waals surface area contributed by atoms with Crippen LogP contribution in [0.5, 0.6) is 0 Å². The molecule has 4 nitrogen and oxygen atoms in total. The second kappa shape index (κ2) is 5.78. The fourth-order valence-corrected chi connectivity index (χ4v) is 2.95. The summed E-state index contributed by atoms with van der Waals surface area (Å²) in [6, 6.07) is 2.77. The Balaban J connectivity index is 1.84. The summed E-state index contributed by atoms with van der Waals surface area (Å²) in [7, 11) is 2.10. The maximum atomic E-state index is 11.1. The second-order valence-corrected chi connectivity index (χ2v) is 5.79. The number of nitrogens with one attached hydrogen (secondary N) is 1. The van der Waals surface area contributed by atoms with Gasteiger partial charge in [0, 0.05) is 36.9 Å². The third kappa shape index (κ3) is 3.18. The summed E-state index contributed by atoms with van der Waals surface area (Å²) in [5.41, 5.74) is 9.35. The topological polar surface area (TPSA) is 60.0 Å². The predicted molar refractivity (Wildman–Crippen MR) is 76.7 cm³/mol. The monoisotopic (exact) mass is 263 g/mol. The first-order chi connectivity index (χ1) is 8.99. The van der Waals surface area contributed by atoms with Gasteiger partial charge in [0.05, 0.1) is 0 Å². The molecule has 1 aromatic heterocycles. The van der Waals surface area contributed by atoms with Gasteiger partial charge in [-0.3, -0.25) is 4.79 Å². The van der Waals surface area contributed by atoms with Gasteiger partial charge in [-0.15, -0.1) is 0 Å². The smallest absolute Gasteiger partial charge is 0.220 e. The molecule has 1 saturated carbocycles. The summed E-state index contributed by atoms with van der Waals surface area (Å²) in [4.78, 5) is 11.1. The molecule has 1 amide bonds. The molecular weight excluding hydrogens is 238 g/mol. The van der Waals surface area contributed by atoms with Crippen molar-refractivity contribution < 1.29 is 4.79 Å². The van der Waals surface area contributed by atoms with Crippen LogP contribution in [0.15, 0.2) is 6.07 Å². The van der Waals surface area contributed by atoms with Crippen molar-refractivity contribution in [2.75, 3.05) is 0 Å². The van der Waals surface area contributed by atoms with Crippen molar-refractivity contribution in [1.29, 1.82) is 0 Å². The van der Waals surface area contributed by atoms with Crippen LogP contribution >= 0.6 is 0 Å². The third-order valence-electron chi connectivity index (χ3n) is 4.59. The number of primary amides is 1. The standard InChI is InChI=1S/C15H25N3O/c1-10-8-13(11(2)18(10)3)9-17-14-6-4-12(5-7-14)15(16)19/h8,12,14,17H,4-7,9H2,1-3H3,(H2,16,19). The molecule has 0 aliphatic heterocycles. The largest absolute Gasteiger partial charge is 0.369 e. The van der Waals surface area contributed by atoms with Crippen molar-refractivity contribution in [3.8, 4) is 0 Å². The molecule has 106 valence electrons. The van der Waals surface area contributed by atoms with Crippen LogP contribution in [0.3, 0.4) is 0 Å². The molecule has 1 aliphatic rings. The summed E-state index contributed by atoms with van der Waals surface area (Å²) >= 11 is 0. The maximum absolute atomic E-state index is 11.1. The highest BCUT2D eigenvalue weighted by Crippen LogP contribution is 2.24. The van der Waals surface area contributed by atoms with Crippen molar-refractivity contribution in [3.05, 3.63) is 23.0 Å². The highest BCUT2D eigenvalue weighted by Gasteiger charge is 2.24. The summed E-state index contributed by atoms with van der Waals surface area (Å²) in [5.74, 6) is -0.0354. The molecule has 0 radical (unpaired) electrons. The molecule has 2 rings (SSSR count). The molecule has 1 fully saturated rings. The van der Waals surface area contributed by atoms with E-state index in [-0.39, 0.29) is 11.8 Å². The van der Waals surface area contributed by atoms with Gasteiger partial charge in [0.25, 0.3) is 0 Å². The predicted octanol–water partition coefficient (Wildman–Crippen LogP) is 1.78. The van der Waals surface area contributed by atoms with Gasteiger partial charge >= 0.3 is 0 Å². The van der Waals surface area contributed by atoms with Crippen LogP contribution in [0.25, 0.3) is 0 Å². The molecule has 4 heteroatoms. The number of nitrogens with zero attached hydrogens (tertiary/aromatic N) is 1. The first kappa shape index (κ1) is 14.1. The first-order valence-electron chi connectivity index (χ1n) is 7.13. The maximum Gasteiger partial charge on any atom is 0.220 e. The van der Waals surface area contributed by atoms with E-state index in [4.69, 9.17) is 5.73 Å². The van der Waals surface area contributed by atoms with Crippen LogP contribution in [-0.4, -0.2) is 16.5 Å². The van der Waals surface area contributed by atoms with E-state index in [1.54, 1.807) is 0 Å². The van der Waals surface area contributed by atoms with E-state index >= 15 is 0 Å². The quantitative estimate of drug-likeness (QED) is 0.870. The number of carbonyl (C=O) groups is 1. The Bertz CT molecular complexity index is 456. The number of rotatable bonds is 4. The number of hydrogen-bond donors (Lipinski definition) is 2. The fraction of sp³-hybridized carbons (Fsp3) is 0.667. The first-order valence-corrected chi connectivity index (χ1v) is 7.13. The zero-order valence-electron chi connectivity index (χ0n) is 12.2. The van der Waals surface area contributed by atoms with Crippen molar-refractivity contribution in [1.82, 2.24) is 9.88 Å². The number of aromatic nitrogens is 1. The normalized spacial score (nSPS) is 23.5. The zero-order chi connectivity index (χ0) is 14.0. The fourth-order valence-electron chi connectivity index (χ4n) is 2.95. The molecule has 0 atom stereocenters. The highest BCUT2D eigenvalue weighted by molar-refractivity contribution is 5.76. The summed E-state index contributed by atoms with van der Waals surface area (Å²) in [6.45, 7) is 5.21. The van der Waals surface area contributed by atoms with Crippen LogP contribution < -0.4 is 11.1 Å². The summed E-state index contributed by atoms with van der Waals surface area (Å²) in [6.07, 6.45) is 3.97. The van der Waals surface area contributed by atoms with Crippen molar-refractivity contribution in [2.24, 2.45) is 18.7 Å². The lowest BCUT2D eigenvalue weighted by Crippen LogP contribution is -2.36. The molecule has 19 heavy (non-hydrogen) atoms. The minimum absolute atomic E-state index is 0.0961. The van der Waals surface area contributed by atoms with Crippen molar-refractivity contribution in [2.45, 2.75) is 52.1 Å². The van der Waals surface area contributed by atoms with Crippen LogP contribution in [0.1, 0.15) is 42.6 Å². The lowest BCUT2D eigenvalue weighted by Gasteiger charge is -2.27. The number of carbonyl (C=O) groups excluding carboxylic acids is 1. The van der Waals surface area contributed by atoms with E-state index in [2.05, 4.69) is 36.8 Å². The highest BCUT2D eigenvalue weighted by atomic mass is 16.1. The van der Waals surface area contributed by atoms with Gasteiger partial charge < -0.3 is 15.6 Å². The Hall–Kier alpha value is -1.29. The van der Waals surface area contributed by atoms with Crippen molar-refractivity contribution in [3.63, 3.8) is 0 Å². The van der Waals surface area contributed by atoms with Gasteiger partial charge in [-0.1, -0.05) is 0 Å². The molecule has 0 bridgehead atoms. The van der Waals surface area contributed by atoms with Gasteiger partial charge in [0.2, 0.25) is 5.91 Å². The van der Waals surface area contributed by atoms with E-state index in [1.807, 2.05) is 0 Å². The van der Waals surface area contributed by atoms with E-state index in [9.17, 15) is 4.79 Å². The summed E-state index contributed by atoms with van der Waals surface area (Å²) < 4.78 is 2.22. The lowest BCUT2D eigenvalue weighted by molar-refractivity contribution is -0.122. The van der Waals surface area contributed by atoms with E-state index in [0.717, 1.165) is 32.2 Å². The molecule has 3 N–H and O–H groups in total. The Morgan fingerprint density at radius 1 is 1.37 bits per heavy atom. The van der Waals surface area contributed by atoms with Gasteiger partial charge in [0.15, 0.2) is 0 Å². The molecule has 0 aromatic carbocycles. The average molecular weight is 263 g/mol. The minimum Gasteiger partial charge on any atom is -0.369 e. The van der Waals surface area contributed by atoms with Crippen LogP contribution in [0.2, 0.25) is 0 Å². The van der Waals surface area contributed by atoms with Gasteiger partial charge in [-0.2, -0.15) is 0 Å². The number of hydrogen-bond acceptors (Lipinski definition) is 2. The van der Waals surface area contributed by atoms with E-state index in [0.29, 0.717) is 6.04 Å². The van der Waals surface area contributed by atoms with Gasteiger partial charge in [-0.25, -0.2) is 0 Å². The number of nitrogens with two attached hydrogens (primary N) is 1. The van der Waals surface area contributed by atoms with Gasteiger partial charge in [0.1, 0.15) is 0 Å². The molecule has 0 saturated heterocycles. The zero-order valence-corrected chi connectivity index (χ0v) is 12.2. The Morgan fingerprint density at radius 2 is 2.00 bits per heavy atom. The Labute approximate surface area is 115 Å². The Kier molecular flexibility index (Phi) is 4.30. The average Bonchev–Trinajstić information content (AvgIpc) is 2.64. The minimum atomic E-state index is -0.132. The van der Waals surface area contributed by atoms with Crippen LogP contribution in [-0.2, 0) is 18.4 Å². The number of aryl methyl sites for hydroxylation is 1. The summed E-state index contributed by atoms with van der Waals surface area (Å²) in [5, 5.41) is 3.61. The van der Waals surface area contributed by atoms with Crippen LogP contribution in [0, 0.1) is 19.8 Å². The second-order valence-electron chi connectivity index (χ2n) is 5.79. The molecule has 0 unspecified atom stereocenters. The molecule has 1 aliphatic carbocycles. The van der Waals surface area contributed by atoms with Gasteiger partial charge in [-0.05, 0) is 51.2 Å². The van der Waals surface area contributed by atoms with Crippen molar-refractivity contribution >= 4 is 5.91 Å². The molecule has 1 aromatic rings. The molecular formula is C15H25N3O. The molecule has 1 heterocycles.